The van der Waals surface area contributed by atoms with Crippen LogP contribution in [0.2, 0.25) is 0 Å². The van der Waals surface area contributed by atoms with Crippen LogP contribution in [0.3, 0.4) is 0 Å². The molecule has 1 N–H and O–H groups in total. The van der Waals surface area contributed by atoms with Crippen molar-refractivity contribution in [2.75, 3.05) is 26.9 Å². The number of benzene rings is 1. The van der Waals surface area contributed by atoms with Crippen molar-refractivity contribution in [3.05, 3.63) is 41.4 Å². The lowest BCUT2D eigenvalue weighted by molar-refractivity contribution is 0.199. The monoisotopic (exact) mass is 255 g/mol. The van der Waals surface area contributed by atoms with Crippen molar-refractivity contribution in [3.63, 3.8) is 0 Å². The van der Waals surface area contributed by atoms with Gasteiger partial charge >= 0.3 is 0 Å². The molecule has 1 aromatic carbocycles. The Hall–Kier alpha value is -1.03. The van der Waals surface area contributed by atoms with Crippen LogP contribution in [0.4, 0.5) is 0 Å². The molecule has 0 aromatic heterocycles. The predicted octanol–water partition coefficient (Wildman–Crippen LogP) is 2.55. The number of ether oxygens (including phenoxy) is 2. The molecule has 0 saturated heterocycles. The largest absolute Gasteiger partial charge is 0.489 e. The van der Waals surface area contributed by atoms with Gasteiger partial charge in [0.1, 0.15) is 12.4 Å². The van der Waals surface area contributed by atoms with Crippen molar-refractivity contribution < 1.29 is 9.47 Å². The number of para-hydroxylation sites is 1. The molecule has 0 atom stereocenters. The number of hydrogen-bond donors (Lipinski definition) is 1. The second-order valence-corrected chi connectivity index (χ2v) is 3.70. The lowest BCUT2D eigenvalue weighted by atomic mass is 10.2. The highest BCUT2D eigenvalue weighted by Crippen LogP contribution is 2.17. The van der Waals surface area contributed by atoms with Crippen LogP contribution in [0.5, 0.6) is 5.75 Å². The van der Waals surface area contributed by atoms with E-state index in [0.29, 0.717) is 13.2 Å². The number of methoxy groups -OCH3 is 1. The first-order chi connectivity index (χ1) is 8.38. The topological polar surface area (TPSA) is 30.5 Å². The smallest absolute Gasteiger partial charge is 0.124 e. The van der Waals surface area contributed by atoms with Gasteiger partial charge in [0.25, 0.3) is 0 Å². The third-order valence-electron chi connectivity index (χ3n) is 2.20. The van der Waals surface area contributed by atoms with Gasteiger partial charge in [-0.05, 0) is 12.1 Å². The third-order valence-corrected chi connectivity index (χ3v) is 2.37. The van der Waals surface area contributed by atoms with E-state index in [0.717, 1.165) is 24.4 Å². The summed E-state index contributed by atoms with van der Waals surface area (Å²) in [6, 6.07) is 7.95. The summed E-state index contributed by atoms with van der Waals surface area (Å²) in [5, 5.41) is 3.28. The Kier molecular flexibility index (Phi) is 7.47. The minimum Gasteiger partial charge on any atom is -0.489 e. The molecule has 3 nitrogen and oxygen atoms in total. The van der Waals surface area contributed by atoms with Crippen LogP contribution in [0, 0.1) is 0 Å². The Labute approximate surface area is 107 Å². The summed E-state index contributed by atoms with van der Waals surface area (Å²) in [5.74, 6) is 0.882. The Balaban J connectivity index is 2.45. The first kappa shape index (κ1) is 14.0. The van der Waals surface area contributed by atoms with Crippen molar-refractivity contribution in [2.24, 2.45) is 0 Å². The van der Waals surface area contributed by atoms with Gasteiger partial charge in [0.2, 0.25) is 0 Å². The highest BCUT2D eigenvalue weighted by molar-refractivity contribution is 6.25. The molecule has 0 aliphatic heterocycles. The van der Waals surface area contributed by atoms with E-state index in [1.54, 1.807) is 13.2 Å². The molecule has 94 valence electrons. The molecule has 0 radical (unpaired) electrons. The molecule has 0 unspecified atom stereocenters. The summed E-state index contributed by atoms with van der Waals surface area (Å²) in [6.07, 6.45) is 1.76. The first-order valence-corrected chi connectivity index (χ1v) is 5.97. The average Bonchev–Trinajstić information content (AvgIpc) is 2.36. The molecule has 4 heteroatoms. The number of hydrogen-bond acceptors (Lipinski definition) is 3. The SMILES string of the molecule is COCCNCc1ccccc1OCC=CCl. The zero-order chi connectivity index (χ0) is 12.3. The van der Waals surface area contributed by atoms with Gasteiger partial charge in [-0.1, -0.05) is 29.8 Å². The molecule has 0 saturated carbocycles. The second-order valence-electron chi connectivity index (χ2n) is 3.45. The molecule has 0 fully saturated rings. The van der Waals surface area contributed by atoms with Crippen LogP contribution in [0.1, 0.15) is 5.56 Å². The summed E-state index contributed by atoms with van der Waals surface area (Å²) in [6.45, 7) is 2.78. The summed E-state index contributed by atoms with van der Waals surface area (Å²) in [4.78, 5) is 0. The predicted molar refractivity (Wildman–Crippen MR) is 70.5 cm³/mol. The number of halogens is 1. The van der Waals surface area contributed by atoms with E-state index < -0.39 is 0 Å². The number of rotatable bonds is 8. The van der Waals surface area contributed by atoms with E-state index in [-0.39, 0.29) is 0 Å². The van der Waals surface area contributed by atoms with Crippen molar-refractivity contribution in [3.8, 4) is 5.75 Å². The Bertz CT molecular complexity index is 342. The summed E-state index contributed by atoms with van der Waals surface area (Å²) in [5.41, 5.74) is 2.59. The molecule has 1 rings (SSSR count). The second kappa shape index (κ2) is 9.05. The van der Waals surface area contributed by atoms with Crippen LogP contribution < -0.4 is 10.1 Å². The van der Waals surface area contributed by atoms with Gasteiger partial charge in [-0.2, -0.15) is 0 Å². The fourth-order valence-corrected chi connectivity index (χ4v) is 1.43. The van der Waals surface area contributed by atoms with E-state index in [4.69, 9.17) is 21.1 Å². The fourth-order valence-electron chi connectivity index (χ4n) is 1.36. The maximum atomic E-state index is 5.59. The molecule has 1 aromatic rings. The van der Waals surface area contributed by atoms with Crippen molar-refractivity contribution in [2.45, 2.75) is 6.54 Å². The fraction of sp³-hybridized carbons (Fsp3) is 0.385. The van der Waals surface area contributed by atoms with Gasteiger partial charge in [0, 0.05) is 31.3 Å². The molecular weight excluding hydrogens is 238 g/mol. The summed E-state index contributed by atoms with van der Waals surface area (Å²) < 4.78 is 10.6. The summed E-state index contributed by atoms with van der Waals surface area (Å²) >= 11 is 5.44. The minimum absolute atomic E-state index is 0.485. The maximum Gasteiger partial charge on any atom is 0.124 e. The van der Waals surface area contributed by atoms with Crippen LogP contribution in [0.25, 0.3) is 0 Å². The van der Waals surface area contributed by atoms with Crippen LogP contribution in [-0.2, 0) is 11.3 Å². The first-order valence-electron chi connectivity index (χ1n) is 5.54. The van der Waals surface area contributed by atoms with Gasteiger partial charge in [-0.3, -0.25) is 0 Å². The van der Waals surface area contributed by atoms with Gasteiger partial charge in [0.05, 0.1) is 6.61 Å². The molecule has 0 bridgehead atoms. The van der Waals surface area contributed by atoms with E-state index in [1.165, 1.54) is 5.54 Å². The normalized spacial score (nSPS) is 10.9. The highest BCUT2D eigenvalue weighted by atomic mass is 35.5. The Morgan fingerprint density at radius 3 is 2.94 bits per heavy atom. The van der Waals surface area contributed by atoms with E-state index in [9.17, 15) is 0 Å². The summed E-state index contributed by atoms with van der Waals surface area (Å²) in [7, 11) is 1.69. The van der Waals surface area contributed by atoms with Gasteiger partial charge in [-0.25, -0.2) is 0 Å². The van der Waals surface area contributed by atoms with E-state index in [1.807, 2.05) is 24.3 Å². The van der Waals surface area contributed by atoms with Crippen molar-refractivity contribution in [1.29, 1.82) is 0 Å². The zero-order valence-corrected chi connectivity index (χ0v) is 10.7. The minimum atomic E-state index is 0.485. The molecule has 0 heterocycles. The molecule has 0 aliphatic rings. The molecule has 0 aliphatic carbocycles. The maximum absolute atomic E-state index is 5.59. The number of nitrogens with one attached hydrogen (secondary N) is 1. The third kappa shape index (κ3) is 5.73. The van der Waals surface area contributed by atoms with Crippen LogP contribution in [-0.4, -0.2) is 26.9 Å². The Morgan fingerprint density at radius 2 is 2.18 bits per heavy atom. The van der Waals surface area contributed by atoms with Gasteiger partial charge in [-0.15, -0.1) is 0 Å². The lowest BCUT2D eigenvalue weighted by Crippen LogP contribution is -2.19. The zero-order valence-electron chi connectivity index (χ0n) is 9.99. The van der Waals surface area contributed by atoms with Gasteiger partial charge < -0.3 is 14.8 Å². The van der Waals surface area contributed by atoms with E-state index >= 15 is 0 Å². The van der Waals surface area contributed by atoms with Crippen LogP contribution in [0.15, 0.2) is 35.9 Å². The molecular formula is C13H18ClNO2. The Morgan fingerprint density at radius 1 is 1.35 bits per heavy atom. The molecule has 17 heavy (non-hydrogen) atoms. The lowest BCUT2D eigenvalue weighted by Gasteiger charge is -2.10. The standard InChI is InChI=1S/C13H18ClNO2/c1-16-10-8-15-11-12-5-2-3-6-13(12)17-9-4-7-14/h2-7,15H,8-11H2,1H3. The molecule has 0 spiro atoms. The van der Waals surface area contributed by atoms with Crippen molar-refractivity contribution in [1.82, 2.24) is 5.32 Å². The molecule has 0 amide bonds. The van der Waals surface area contributed by atoms with Crippen LogP contribution >= 0.6 is 11.6 Å². The van der Waals surface area contributed by atoms with E-state index in [2.05, 4.69) is 5.32 Å². The van der Waals surface area contributed by atoms with Gasteiger partial charge in [0.15, 0.2) is 0 Å². The highest BCUT2D eigenvalue weighted by Gasteiger charge is 2.01. The average molecular weight is 256 g/mol. The van der Waals surface area contributed by atoms with Crippen molar-refractivity contribution >= 4 is 11.6 Å². The quantitative estimate of drug-likeness (QED) is 0.725.